The smallest absolute Gasteiger partial charge is 0.266 e. The summed E-state index contributed by atoms with van der Waals surface area (Å²) in [6.07, 6.45) is 0.726. The Morgan fingerprint density at radius 1 is 1.46 bits per heavy atom. The molecule has 3 rings (SSSR count). The summed E-state index contributed by atoms with van der Waals surface area (Å²) in [5.41, 5.74) is 5.60. The number of aromatic nitrogens is 1. The Morgan fingerprint density at radius 2 is 2.23 bits per heavy atom. The normalized spacial score (nSPS) is 18.0. The number of hydrogen-bond donors (Lipinski definition) is 2. The van der Waals surface area contributed by atoms with Crippen LogP contribution in [0.1, 0.15) is 10.5 Å². The van der Waals surface area contributed by atoms with Gasteiger partial charge in [0, 0.05) is 22.1 Å². The fourth-order valence-corrected chi connectivity index (χ4v) is 4.63. The lowest BCUT2D eigenvalue weighted by Crippen LogP contribution is -2.40. The molecule has 0 saturated carbocycles. The maximum absolute atomic E-state index is 13.2. The maximum Gasteiger partial charge on any atom is 0.266 e. The second-order valence-corrected chi connectivity index (χ2v) is 7.97. The van der Waals surface area contributed by atoms with Crippen molar-refractivity contribution in [1.82, 2.24) is 9.29 Å². The Morgan fingerprint density at radius 3 is 2.85 bits per heavy atom. The number of aromatic amines is 1. The monoisotopic (exact) mass is 399 g/mol. The van der Waals surface area contributed by atoms with E-state index >= 15 is 0 Å². The molecule has 1 aliphatic rings. The van der Waals surface area contributed by atoms with Crippen molar-refractivity contribution in [2.75, 3.05) is 26.4 Å². The molecule has 26 heavy (non-hydrogen) atoms. The standard InChI is InChI=1S/C16H18ClN3O5S/c1-2-20(8-11-9-24-5-6-25-11)26(22,23)15-12-7-10(17)3-4-13(12)19-14(15)16(18)21/h2-4,7,11,19H,1,5-6,8-9H2,(H2,18,21). The number of nitrogens with one attached hydrogen (secondary N) is 1. The van der Waals surface area contributed by atoms with Gasteiger partial charge in [0.1, 0.15) is 10.6 Å². The Balaban J connectivity index is 2.09. The lowest BCUT2D eigenvalue weighted by Gasteiger charge is -2.28. The molecule has 1 unspecified atom stereocenters. The van der Waals surface area contributed by atoms with E-state index in [9.17, 15) is 13.2 Å². The van der Waals surface area contributed by atoms with Crippen molar-refractivity contribution in [3.63, 3.8) is 0 Å². The first-order valence-electron chi connectivity index (χ1n) is 7.79. The van der Waals surface area contributed by atoms with Crippen LogP contribution in [0.5, 0.6) is 0 Å². The van der Waals surface area contributed by atoms with E-state index in [0.717, 1.165) is 4.31 Å². The average molecular weight is 400 g/mol. The van der Waals surface area contributed by atoms with Crippen LogP contribution in [0.3, 0.4) is 0 Å². The van der Waals surface area contributed by atoms with Crippen molar-refractivity contribution >= 4 is 38.4 Å². The molecule has 0 radical (unpaired) electrons. The highest BCUT2D eigenvalue weighted by Crippen LogP contribution is 2.31. The number of amides is 1. The van der Waals surface area contributed by atoms with Gasteiger partial charge in [-0.3, -0.25) is 9.10 Å². The van der Waals surface area contributed by atoms with Gasteiger partial charge in [0.15, 0.2) is 0 Å². The molecule has 2 heterocycles. The summed E-state index contributed by atoms with van der Waals surface area (Å²) >= 11 is 6.00. The second kappa shape index (κ2) is 7.28. The van der Waals surface area contributed by atoms with Crippen LogP contribution in [0.25, 0.3) is 10.9 Å². The molecule has 8 nitrogen and oxygen atoms in total. The van der Waals surface area contributed by atoms with Crippen LogP contribution < -0.4 is 5.73 Å². The number of primary amides is 1. The minimum Gasteiger partial charge on any atom is -0.376 e. The molecule has 0 aliphatic carbocycles. The summed E-state index contributed by atoms with van der Waals surface area (Å²) in [6.45, 7) is 4.68. The number of sulfonamides is 1. The van der Waals surface area contributed by atoms with Crippen LogP contribution in [0, 0.1) is 0 Å². The van der Waals surface area contributed by atoms with E-state index in [1.54, 1.807) is 12.1 Å². The highest BCUT2D eigenvalue weighted by atomic mass is 35.5. The Bertz CT molecular complexity index is 950. The second-order valence-electron chi connectivity index (χ2n) is 5.71. The summed E-state index contributed by atoms with van der Waals surface area (Å²) in [4.78, 5) is 14.3. The van der Waals surface area contributed by atoms with Gasteiger partial charge in [-0.05, 0) is 18.2 Å². The van der Waals surface area contributed by atoms with Crippen molar-refractivity contribution in [3.8, 4) is 0 Å². The largest absolute Gasteiger partial charge is 0.376 e. The molecule has 140 valence electrons. The van der Waals surface area contributed by atoms with Crippen molar-refractivity contribution in [1.29, 1.82) is 0 Å². The minimum absolute atomic E-state index is 0.00270. The SMILES string of the molecule is C=CN(CC1COCCO1)S(=O)(=O)c1c(C(N)=O)[nH]c2ccc(Cl)cc12. The van der Waals surface area contributed by atoms with E-state index in [1.165, 1.54) is 12.3 Å². The molecule has 1 aromatic heterocycles. The molecule has 10 heteroatoms. The predicted octanol–water partition coefficient (Wildman–Crippen LogP) is 1.47. The molecule has 2 aromatic rings. The Hall–Kier alpha value is -2.07. The number of halogens is 1. The molecule has 1 aliphatic heterocycles. The van der Waals surface area contributed by atoms with Crippen molar-refractivity contribution in [2.45, 2.75) is 11.0 Å². The van der Waals surface area contributed by atoms with Crippen molar-refractivity contribution in [3.05, 3.63) is 41.7 Å². The highest BCUT2D eigenvalue weighted by molar-refractivity contribution is 7.89. The minimum atomic E-state index is -4.14. The summed E-state index contributed by atoms with van der Waals surface area (Å²) in [7, 11) is -4.14. The van der Waals surface area contributed by atoms with Gasteiger partial charge in [-0.2, -0.15) is 0 Å². The molecule has 1 amide bonds. The van der Waals surface area contributed by atoms with Gasteiger partial charge in [0.05, 0.1) is 32.5 Å². The molecule has 1 fully saturated rings. The van der Waals surface area contributed by atoms with Crippen LogP contribution in [-0.2, 0) is 19.5 Å². The third kappa shape index (κ3) is 3.43. The first-order valence-corrected chi connectivity index (χ1v) is 9.61. The van der Waals surface area contributed by atoms with Gasteiger partial charge < -0.3 is 20.2 Å². The zero-order valence-corrected chi connectivity index (χ0v) is 15.3. The van der Waals surface area contributed by atoms with Crippen LogP contribution in [0.15, 0.2) is 35.9 Å². The molecule has 1 aromatic carbocycles. The molecule has 3 N–H and O–H groups in total. The number of H-pyrrole nitrogens is 1. The number of carbonyl (C=O) groups is 1. The van der Waals surface area contributed by atoms with Crippen molar-refractivity contribution in [2.24, 2.45) is 5.73 Å². The fourth-order valence-electron chi connectivity index (χ4n) is 2.81. The zero-order chi connectivity index (χ0) is 18.9. The van der Waals surface area contributed by atoms with E-state index in [0.29, 0.717) is 23.8 Å². The van der Waals surface area contributed by atoms with Crippen LogP contribution in [0.4, 0.5) is 0 Å². The maximum atomic E-state index is 13.2. The topological polar surface area (TPSA) is 115 Å². The highest BCUT2D eigenvalue weighted by Gasteiger charge is 2.32. The quantitative estimate of drug-likeness (QED) is 0.763. The number of rotatable bonds is 6. The van der Waals surface area contributed by atoms with Gasteiger partial charge in [0.2, 0.25) is 0 Å². The predicted molar refractivity (Wildman–Crippen MR) is 96.5 cm³/mol. The van der Waals surface area contributed by atoms with E-state index in [-0.39, 0.29) is 29.1 Å². The molecular weight excluding hydrogens is 382 g/mol. The molecular formula is C16H18ClN3O5S. The Labute approximate surface area is 155 Å². The van der Waals surface area contributed by atoms with Gasteiger partial charge >= 0.3 is 0 Å². The zero-order valence-electron chi connectivity index (χ0n) is 13.8. The van der Waals surface area contributed by atoms with Gasteiger partial charge in [0.25, 0.3) is 15.9 Å². The third-order valence-electron chi connectivity index (χ3n) is 4.00. The number of nitrogens with zero attached hydrogens (tertiary/aromatic N) is 1. The van der Waals surface area contributed by atoms with Crippen LogP contribution in [0.2, 0.25) is 5.02 Å². The van der Waals surface area contributed by atoms with E-state index in [1.807, 2.05) is 0 Å². The van der Waals surface area contributed by atoms with Crippen LogP contribution in [-0.4, -0.2) is 56.1 Å². The molecule has 1 atom stereocenters. The summed E-state index contributed by atoms with van der Waals surface area (Å²) in [5.74, 6) is -0.892. The van der Waals surface area contributed by atoms with Crippen molar-refractivity contribution < 1.29 is 22.7 Å². The van der Waals surface area contributed by atoms with E-state index < -0.39 is 22.0 Å². The lowest BCUT2D eigenvalue weighted by molar-refractivity contribution is -0.0900. The van der Waals surface area contributed by atoms with Crippen LogP contribution >= 0.6 is 11.6 Å². The average Bonchev–Trinajstić information content (AvgIpc) is 3.00. The number of ether oxygens (including phenoxy) is 2. The number of nitrogens with two attached hydrogens (primary N) is 1. The number of fused-ring (bicyclic) bond motifs is 1. The number of hydrogen-bond acceptors (Lipinski definition) is 5. The molecule has 0 bridgehead atoms. The third-order valence-corrected chi connectivity index (χ3v) is 6.09. The van der Waals surface area contributed by atoms with E-state index in [2.05, 4.69) is 11.6 Å². The summed E-state index contributed by atoms with van der Waals surface area (Å²) in [5, 5.41) is 0.608. The van der Waals surface area contributed by atoms with E-state index in [4.69, 9.17) is 26.8 Å². The van der Waals surface area contributed by atoms with Gasteiger partial charge in [-0.1, -0.05) is 18.2 Å². The lowest BCUT2D eigenvalue weighted by atomic mass is 10.2. The van der Waals surface area contributed by atoms with Gasteiger partial charge in [-0.25, -0.2) is 8.42 Å². The number of benzene rings is 1. The van der Waals surface area contributed by atoms with Gasteiger partial charge in [-0.15, -0.1) is 0 Å². The first kappa shape index (κ1) is 18.7. The number of carbonyl (C=O) groups excluding carboxylic acids is 1. The molecule has 0 spiro atoms. The fraction of sp³-hybridized carbons (Fsp3) is 0.312. The molecule has 1 saturated heterocycles. The summed E-state index contributed by atoms with van der Waals surface area (Å²) in [6, 6.07) is 4.63. The first-order chi connectivity index (χ1) is 12.3. The Kier molecular flexibility index (Phi) is 5.24. The summed E-state index contributed by atoms with van der Waals surface area (Å²) < 4.78 is 38.3.